The Hall–Kier alpha value is -1.80. The van der Waals surface area contributed by atoms with Crippen molar-refractivity contribution in [2.24, 2.45) is 11.8 Å². The lowest BCUT2D eigenvalue weighted by atomic mass is 9.80. The van der Waals surface area contributed by atoms with Gasteiger partial charge in [0.15, 0.2) is 0 Å². The number of nitrogens with zero attached hydrogens (tertiary/aromatic N) is 2. The summed E-state index contributed by atoms with van der Waals surface area (Å²) in [5.41, 5.74) is 0.919. The first-order chi connectivity index (χ1) is 16.3. The molecule has 3 aromatic rings. The minimum Gasteiger partial charge on any atom is -0.495 e. The number of rotatable bonds is 12. The van der Waals surface area contributed by atoms with Gasteiger partial charge in [-0.05, 0) is 73.7 Å². The molecule has 2 atom stereocenters. The van der Waals surface area contributed by atoms with Crippen molar-refractivity contribution < 1.29 is 14.6 Å². The van der Waals surface area contributed by atoms with Crippen LogP contribution in [0.25, 0.3) is 10.9 Å². The van der Waals surface area contributed by atoms with E-state index in [2.05, 4.69) is 27.4 Å². The molecule has 1 N–H and O–H groups in total. The van der Waals surface area contributed by atoms with Crippen LogP contribution in [-0.2, 0) is 0 Å². The fourth-order valence-corrected chi connectivity index (χ4v) is 6.56. The maximum atomic E-state index is 9.41. The van der Waals surface area contributed by atoms with E-state index >= 15 is 0 Å². The maximum absolute atomic E-state index is 9.41. The predicted molar refractivity (Wildman–Crippen MR) is 138 cm³/mol. The van der Waals surface area contributed by atoms with Crippen LogP contribution in [-0.4, -0.2) is 60.7 Å². The summed E-state index contributed by atoms with van der Waals surface area (Å²) in [4.78, 5) is 7.08. The number of aliphatic hydroxyl groups is 1. The molecule has 1 fully saturated rings. The van der Waals surface area contributed by atoms with Crippen LogP contribution in [0.1, 0.15) is 25.7 Å². The molecule has 0 amide bonds. The van der Waals surface area contributed by atoms with Gasteiger partial charge in [0.2, 0.25) is 0 Å². The van der Waals surface area contributed by atoms with Crippen molar-refractivity contribution in [1.29, 1.82) is 0 Å². The van der Waals surface area contributed by atoms with Crippen LogP contribution in [0.15, 0.2) is 52.2 Å². The fraction of sp³-hybridized carbons (Fsp3) is 0.500. The second-order valence-electron chi connectivity index (χ2n) is 8.59. The average molecular weight is 487 g/mol. The molecule has 0 unspecified atom stereocenters. The highest BCUT2D eigenvalue weighted by Gasteiger charge is 2.28. The first-order valence-corrected chi connectivity index (χ1v) is 13.7. The van der Waals surface area contributed by atoms with Gasteiger partial charge in [0, 0.05) is 30.8 Å². The van der Waals surface area contributed by atoms with Crippen LogP contribution in [0.5, 0.6) is 11.5 Å². The minimum absolute atomic E-state index is 0.277. The average Bonchev–Trinajstić information content (AvgIpc) is 3.37. The van der Waals surface area contributed by atoms with E-state index in [1.54, 1.807) is 13.3 Å². The van der Waals surface area contributed by atoms with E-state index in [-0.39, 0.29) is 6.61 Å². The smallest absolute Gasteiger partial charge is 0.137 e. The number of thioether (sulfide) groups is 1. The Labute approximate surface area is 205 Å². The zero-order valence-corrected chi connectivity index (χ0v) is 21.0. The third kappa shape index (κ3) is 6.85. The number of hydrogen-bond donors (Lipinski definition) is 1. The van der Waals surface area contributed by atoms with Gasteiger partial charge >= 0.3 is 0 Å². The molecule has 2 aromatic heterocycles. The summed E-state index contributed by atoms with van der Waals surface area (Å²) in [5, 5.41) is 12.5. The first kappa shape index (κ1) is 24.3. The predicted octanol–water partition coefficient (Wildman–Crippen LogP) is 5.58. The zero-order valence-electron chi connectivity index (χ0n) is 19.3. The highest BCUT2D eigenvalue weighted by molar-refractivity contribution is 8.01. The number of ether oxygens (including phenoxy) is 2. The second-order valence-corrected chi connectivity index (χ2v) is 10.9. The largest absolute Gasteiger partial charge is 0.495 e. The summed E-state index contributed by atoms with van der Waals surface area (Å²) in [5.74, 6) is 4.01. The van der Waals surface area contributed by atoms with E-state index in [9.17, 15) is 5.11 Å². The number of piperidine rings is 1. The third-order valence-corrected chi connectivity index (χ3v) is 8.61. The topological polar surface area (TPSA) is 54.8 Å². The lowest BCUT2D eigenvalue weighted by molar-refractivity contribution is 0.0963. The molecule has 1 saturated heterocycles. The van der Waals surface area contributed by atoms with Crippen LogP contribution in [0.4, 0.5) is 0 Å². The molecule has 1 aliphatic heterocycles. The molecule has 4 rings (SSSR count). The van der Waals surface area contributed by atoms with Crippen molar-refractivity contribution in [3.05, 3.63) is 48.0 Å². The van der Waals surface area contributed by atoms with Crippen LogP contribution >= 0.6 is 23.1 Å². The van der Waals surface area contributed by atoms with Gasteiger partial charge in [-0.25, -0.2) is 0 Å². The Morgan fingerprint density at radius 2 is 2.15 bits per heavy atom. The molecule has 0 spiro atoms. The number of thiophene rings is 1. The highest BCUT2D eigenvalue weighted by atomic mass is 32.2. The van der Waals surface area contributed by atoms with E-state index in [0.29, 0.717) is 18.4 Å². The van der Waals surface area contributed by atoms with Crippen LogP contribution in [0.2, 0.25) is 0 Å². The Bertz CT molecular complexity index is 983. The third-order valence-electron chi connectivity index (χ3n) is 6.50. The summed E-state index contributed by atoms with van der Waals surface area (Å²) in [6.07, 6.45) is 5.96. The van der Waals surface area contributed by atoms with Gasteiger partial charge in [0.05, 0.1) is 29.6 Å². The van der Waals surface area contributed by atoms with Crippen LogP contribution < -0.4 is 9.47 Å². The summed E-state index contributed by atoms with van der Waals surface area (Å²) < 4.78 is 13.0. The Kier molecular flexibility index (Phi) is 9.29. The number of aliphatic hydroxyl groups excluding tert-OH is 1. The number of pyridine rings is 1. The van der Waals surface area contributed by atoms with E-state index < -0.39 is 0 Å². The SMILES string of the molecule is COc1cnc2cccc(OCC[C@@H]3CCN(CCSc4cccs4)C[C@@H]3CCCO)c2c1. The molecule has 0 bridgehead atoms. The van der Waals surface area contributed by atoms with Gasteiger partial charge in [-0.3, -0.25) is 4.98 Å². The van der Waals surface area contributed by atoms with E-state index in [0.717, 1.165) is 67.1 Å². The van der Waals surface area contributed by atoms with Crippen molar-refractivity contribution in [3.63, 3.8) is 0 Å². The number of methoxy groups -OCH3 is 1. The van der Waals surface area contributed by atoms with Crippen LogP contribution in [0, 0.1) is 11.8 Å². The van der Waals surface area contributed by atoms with Crippen molar-refractivity contribution in [2.75, 3.05) is 45.7 Å². The Balaban J connectivity index is 1.30. The molecule has 178 valence electrons. The lowest BCUT2D eigenvalue weighted by Crippen LogP contribution is -2.42. The molecular formula is C26H34N2O3S2. The van der Waals surface area contributed by atoms with Gasteiger partial charge in [0.1, 0.15) is 11.5 Å². The number of hydrogen-bond acceptors (Lipinski definition) is 7. The highest BCUT2D eigenvalue weighted by Crippen LogP contribution is 2.32. The summed E-state index contributed by atoms with van der Waals surface area (Å²) in [7, 11) is 1.66. The lowest BCUT2D eigenvalue weighted by Gasteiger charge is -2.39. The van der Waals surface area contributed by atoms with E-state index in [1.165, 1.54) is 10.6 Å². The Morgan fingerprint density at radius 3 is 2.97 bits per heavy atom. The normalized spacial score (nSPS) is 19.1. The minimum atomic E-state index is 0.277. The molecule has 0 saturated carbocycles. The van der Waals surface area contributed by atoms with Gasteiger partial charge in [-0.2, -0.15) is 0 Å². The van der Waals surface area contributed by atoms with Crippen molar-refractivity contribution in [2.45, 2.75) is 29.9 Å². The quantitative estimate of drug-likeness (QED) is 0.338. The number of fused-ring (bicyclic) bond motifs is 1. The van der Waals surface area contributed by atoms with Gasteiger partial charge < -0.3 is 19.5 Å². The molecule has 1 aliphatic rings. The molecule has 33 heavy (non-hydrogen) atoms. The summed E-state index contributed by atoms with van der Waals surface area (Å²) in [6, 6.07) is 12.3. The Morgan fingerprint density at radius 1 is 1.21 bits per heavy atom. The molecular weight excluding hydrogens is 452 g/mol. The van der Waals surface area contributed by atoms with E-state index in [1.807, 2.05) is 47.4 Å². The van der Waals surface area contributed by atoms with Gasteiger partial charge in [-0.15, -0.1) is 23.1 Å². The standard InChI is InChI=1S/C26H34N2O3S2/c1-30-22-17-23-24(27-18-22)6-2-7-25(23)31-14-10-20-9-11-28(19-21(20)5-3-13-29)12-16-33-26-8-4-15-32-26/h2,4,6-8,15,17-18,20-21,29H,3,5,9-14,16,19H2,1H3/t20-,21-/m0/s1. The molecule has 0 aliphatic carbocycles. The summed E-state index contributed by atoms with van der Waals surface area (Å²) >= 11 is 3.78. The summed E-state index contributed by atoms with van der Waals surface area (Å²) in [6.45, 7) is 4.39. The van der Waals surface area contributed by atoms with Crippen molar-refractivity contribution >= 4 is 34.0 Å². The second kappa shape index (κ2) is 12.6. The first-order valence-electron chi connectivity index (χ1n) is 11.8. The van der Waals surface area contributed by atoms with E-state index in [4.69, 9.17) is 9.47 Å². The molecule has 0 radical (unpaired) electrons. The molecule has 3 heterocycles. The van der Waals surface area contributed by atoms with Gasteiger partial charge in [-0.1, -0.05) is 12.1 Å². The monoisotopic (exact) mass is 486 g/mol. The van der Waals surface area contributed by atoms with Crippen LogP contribution in [0.3, 0.4) is 0 Å². The molecule has 5 nitrogen and oxygen atoms in total. The molecule has 7 heteroatoms. The zero-order chi connectivity index (χ0) is 22.9. The number of aromatic nitrogens is 1. The van der Waals surface area contributed by atoms with Crippen molar-refractivity contribution in [3.8, 4) is 11.5 Å². The number of benzene rings is 1. The fourth-order valence-electron chi connectivity index (χ4n) is 4.70. The molecule has 1 aromatic carbocycles. The maximum Gasteiger partial charge on any atom is 0.137 e. The number of likely N-dealkylation sites (tertiary alicyclic amines) is 1. The van der Waals surface area contributed by atoms with Crippen molar-refractivity contribution in [1.82, 2.24) is 9.88 Å². The van der Waals surface area contributed by atoms with Gasteiger partial charge in [0.25, 0.3) is 0 Å².